The number of nitrogens with zero attached hydrogens (tertiary/aromatic N) is 2. The molecular formula is C29H33ClN2O5. The number of ether oxygens (including phenoxy) is 3. The molecule has 0 saturated carbocycles. The molecular weight excluding hydrogens is 492 g/mol. The van der Waals surface area contributed by atoms with Crippen molar-refractivity contribution in [3.8, 4) is 17.2 Å². The van der Waals surface area contributed by atoms with Crippen LogP contribution in [0.3, 0.4) is 0 Å². The van der Waals surface area contributed by atoms with Crippen LogP contribution in [-0.2, 0) is 29.1 Å². The van der Waals surface area contributed by atoms with Gasteiger partial charge in [-0.15, -0.1) is 0 Å². The first-order valence-corrected chi connectivity index (χ1v) is 12.8. The molecule has 0 radical (unpaired) electrons. The Morgan fingerprint density at radius 1 is 1.22 bits per heavy atom. The van der Waals surface area contributed by atoms with Crippen LogP contribution in [0.4, 0.5) is 0 Å². The summed E-state index contributed by atoms with van der Waals surface area (Å²) < 4.78 is 17.4. The Hall–Kier alpha value is -3.29. The number of benzene rings is 2. The maximum atomic E-state index is 11.5. The lowest BCUT2D eigenvalue weighted by Crippen LogP contribution is -2.20. The van der Waals surface area contributed by atoms with Gasteiger partial charge in [-0.2, -0.15) is 0 Å². The van der Waals surface area contributed by atoms with Crippen LogP contribution in [0.15, 0.2) is 48.8 Å². The van der Waals surface area contributed by atoms with Gasteiger partial charge in [0, 0.05) is 36.4 Å². The van der Waals surface area contributed by atoms with Gasteiger partial charge in [0.2, 0.25) is 0 Å². The molecule has 0 unspecified atom stereocenters. The molecule has 4 rings (SSSR count). The van der Waals surface area contributed by atoms with Crippen molar-refractivity contribution in [1.82, 2.24) is 9.88 Å². The number of hydrogen-bond acceptors (Lipinski definition) is 7. The highest BCUT2D eigenvalue weighted by molar-refractivity contribution is 6.32. The average Bonchev–Trinajstić information content (AvgIpc) is 3.28. The Labute approximate surface area is 222 Å². The maximum Gasteiger partial charge on any atom is 0.305 e. The second-order valence-electron chi connectivity index (χ2n) is 9.44. The van der Waals surface area contributed by atoms with Crippen molar-refractivity contribution < 1.29 is 24.1 Å². The van der Waals surface area contributed by atoms with Gasteiger partial charge in [-0.05, 0) is 68.6 Å². The first kappa shape index (κ1) is 26.8. The van der Waals surface area contributed by atoms with E-state index in [1.165, 1.54) is 30.0 Å². The lowest BCUT2D eigenvalue weighted by molar-refractivity contribution is -0.140. The van der Waals surface area contributed by atoms with Gasteiger partial charge >= 0.3 is 5.97 Å². The molecule has 1 atom stereocenters. The lowest BCUT2D eigenvalue weighted by Gasteiger charge is -2.22. The van der Waals surface area contributed by atoms with Crippen molar-refractivity contribution >= 4 is 17.6 Å². The van der Waals surface area contributed by atoms with Gasteiger partial charge in [-0.25, -0.2) is 0 Å². The maximum absolute atomic E-state index is 11.5. The zero-order valence-electron chi connectivity index (χ0n) is 21.5. The summed E-state index contributed by atoms with van der Waals surface area (Å²) in [6, 6.07) is 11.7. The summed E-state index contributed by atoms with van der Waals surface area (Å²) in [7, 11) is 3.38. The van der Waals surface area contributed by atoms with Crippen molar-refractivity contribution in [2.45, 2.75) is 51.9 Å². The van der Waals surface area contributed by atoms with E-state index < -0.39 is 0 Å². The number of hydrogen-bond donors (Lipinski definition) is 1. The van der Waals surface area contributed by atoms with Gasteiger partial charge in [0.15, 0.2) is 0 Å². The predicted molar refractivity (Wildman–Crippen MR) is 142 cm³/mol. The molecule has 1 heterocycles. The zero-order chi connectivity index (χ0) is 26.4. The van der Waals surface area contributed by atoms with Crippen molar-refractivity contribution in [3.63, 3.8) is 0 Å². The number of fused-ring (bicyclic) bond motifs is 1. The minimum atomic E-state index is -0.217. The van der Waals surface area contributed by atoms with Crippen LogP contribution in [0, 0.1) is 6.92 Å². The van der Waals surface area contributed by atoms with E-state index in [1.807, 2.05) is 19.2 Å². The number of aromatic nitrogens is 1. The molecule has 0 amide bonds. The Bertz CT molecular complexity index is 1250. The van der Waals surface area contributed by atoms with Crippen LogP contribution in [0.5, 0.6) is 17.2 Å². The molecule has 1 aliphatic carbocycles. The van der Waals surface area contributed by atoms with E-state index in [2.05, 4.69) is 35.0 Å². The number of aryl methyl sites for hydroxylation is 1. The molecule has 0 bridgehead atoms. The Balaban J connectivity index is 1.54. The fourth-order valence-electron chi connectivity index (χ4n) is 4.68. The van der Waals surface area contributed by atoms with E-state index in [9.17, 15) is 9.90 Å². The zero-order valence-corrected chi connectivity index (χ0v) is 22.3. The highest BCUT2D eigenvalue weighted by Crippen LogP contribution is 2.41. The molecule has 1 N–H and O–H groups in total. The predicted octanol–water partition coefficient (Wildman–Crippen LogP) is 5.78. The number of esters is 1. The third-order valence-electron chi connectivity index (χ3n) is 6.60. The molecule has 3 aromatic rings. The van der Waals surface area contributed by atoms with Gasteiger partial charge in [0.1, 0.15) is 30.0 Å². The Morgan fingerprint density at radius 2 is 2.05 bits per heavy atom. The quantitative estimate of drug-likeness (QED) is 0.318. The molecule has 0 spiro atoms. The van der Waals surface area contributed by atoms with Crippen LogP contribution in [0.2, 0.25) is 5.02 Å². The summed E-state index contributed by atoms with van der Waals surface area (Å²) in [6.45, 7) is 3.64. The minimum absolute atomic E-state index is 0.0673. The van der Waals surface area contributed by atoms with Crippen molar-refractivity contribution in [2.24, 2.45) is 0 Å². The van der Waals surface area contributed by atoms with Crippen molar-refractivity contribution in [3.05, 3.63) is 81.6 Å². The number of carbonyl (C=O) groups is 1. The smallest absolute Gasteiger partial charge is 0.305 e. The SMILES string of the molecule is COC(=O)CCCN(C)Cc1cc(Cl)c(O[C@H]2CCc3c(C)cccc32)cc1OCc1cncc(O)c1. The van der Waals surface area contributed by atoms with E-state index in [0.717, 1.165) is 24.0 Å². The van der Waals surface area contributed by atoms with Gasteiger partial charge in [-0.1, -0.05) is 29.8 Å². The largest absolute Gasteiger partial charge is 0.506 e. The summed E-state index contributed by atoms with van der Waals surface area (Å²) >= 11 is 6.72. The van der Waals surface area contributed by atoms with E-state index >= 15 is 0 Å². The minimum Gasteiger partial charge on any atom is -0.506 e. The summed E-state index contributed by atoms with van der Waals surface area (Å²) in [5, 5.41) is 10.3. The summed E-state index contributed by atoms with van der Waals surface area (Å²) in [5.41, 5.74) is 5.48. The number of halogens is 1. The van der Waals surface area contributed by atoms with E-state index in [4.69, 9.17) is 25.8 Å². The molecule has 37 heavy (non-hydrogen) atoms. The number of carbonyl (C=O) groups excluding carboxylic acids is 1. The highest BCUT2D eigenvalue weighted by atomic mass is 35.5. The summed E-state index contributed by atoms with van der Waals surface area (Å²) in [4.78, 5) is 17.6. The third-order valence-corrected chi connectivity index (χ3v) is 6.89. The number of methoxy groups -OCH3 is 1. The summed E-state index contributed by atoms with van der Waals surface area (Å²) in [5.74, 6) is 1.08. The fraction of sp³-hybridized carbons (Fsp3) is 0.379. The number of pyridine rings is 1. The van der Waals surface area contributed by atoms with Crippen LogP contribution < -0.4 is 9.47 Å². The van der Waals surface area contributed by atoms with Gasteiger partial charge in [0.05, 0.1) is 18.3 Å². The lowest BCUT2D eigenvalue weighted by atomic mass is 10.0. The molecule has 0 saturated heterocycles. The van der Waals surface area contributed by atoms with E-state index in [1.54, 1.807) is 12.3 Å². The Morgan fingerprint density at radius 3 is 2.84 bits per heavy atom. The monoisotopic (exact) mass is 524 g/mol. The third kappa shape index (κ3) is 6.93. The topological polar surface area (TPSA) is 81.1 Å². The normalized spacial score (nSPS) is 14.5. The molecule has 7 nitrogen and oxygen atoms in total. The highest BCUT2D eigenvalue weighted by Gasteiger charge is 2.26. The van der Waals surface area contributed by atoms with Gasteiger partial charge in [-0.3, -0.25) is 9.78 Å². The molecule has 0 aliphatic heterocycles. The molecule has 8 heteroatoms. The fourth-order valence-corrected chi connectivity index (χ4v) is 4.91. The first-order chi connectivity index (χ1) is 17.8. The van der Waals surface area contributed by atoms with Crippen LogP contribution in [-0.4, -0.2) is 41.7 Å². The number of rotatable bonds is 11. The second kappa shape index (κ2) is 12.3. The summed E-state index contributed by atoms with van der Waals surface area (Å²) in [6.07, 6.45) is 5.90. The standard InChI is InChI=1S/C29H33ClN2O5/c1-19-6-4-7-24-23(19)9-10-26(24)37-28-14-27(36-18-20-12-22(33)16-31-15-20)21(13-25(28)30)17-32(2)11-5-8-29(34)35-3/h4,6-7,12-16,26,33H,5,8-11,17-18H2,1-3H3/t26-/m0/s1. The van der Waals surface area contributed by atoms with Gasteiger partial charge in [0.25, 0.3) is 0 Å². The average molecular weight is 525 g/mol. The molecule has 2 aromatic carbocycles. The number of aromatic hydroxyl groups is 1. The first-order valence-electron chi connectivity index (χ1n) is 12.4. The second-order valence-corrected chi connectivity index (χ2v) is 9.84. The molecule has 0 fully saturated rings. The molecule has 1 aliphatic rings. The Kier molecular flexibility index (Phi) is 8.90. The van der Waals surface area contributed by atoms with Crippen molar-refractivity contribution in [2.75, 3.05) is 20.7 Å². The van der Waals surface area contributed by atoms with Crippen molar-refractivity contribution in [1.29, 1.82) is 0 Å². The van der Waals surface area contributed by atoms with E-state index in [0.29, 0.717) is 42.5 Å². The van der Waals surface area contributed by atoms with Crippen LogP contribution >= 0.6 is 11.6 Å². The molecule has 196 valence electrons. The van der Waals surface area contributed by atoms with Crippen LogP contribution in [0.25, 0.3) is 0 Å². The van der Waals surface area contributed by atoms with E-state index in [-0.39, 0.29) is 24.4 Å². The van der Waals surface area contributed by atoms with Gasteiger partial charge < -0.3 is 24.2 Å². The molecule has 1 aromatic heterocycles. The van der Waals surface area contributed by atoms with Crippen LogP contribution in [0.1, 0.15) is 53.2 Å².